The largest absolute Gasteiger partial charge is 1.00 e. The Morgan fingerprint density at radius 3 is 2.50 bits per heavy atom. The van der Waals surface area contributed by atoms with Crippen molar-refractivity contribution in [2.24, 2.45) is 5.10 Å². The van der Waals surface area contributed by atoms with Crippen LogP contribution < -0.4 is 40.1 Å². The first kappa shape index (κ1) is 15.0. The van der Waals surface area contributed by atoms with Crippen molar-refractivity contribution in [2.45, 2.75) is 6.92 Å². The minimum atomic E-state index is -1.22. The van der Waals surface area contributed by atoms with E-state index in [1.165, 1.54) is 0 Å². The molecule has 0 unspecified atom stereocenters. The number of benzene rings is 1. The van der Waals surface area contributed by atoms with Gasteiger partial charge in [0.1, 0.15) is 0 Å². The molecule has 0 radical (unpaired) electrons. The van der Waals surface area contributed by atoms with Crippen LogP contribution in [-0.4, -0.2) is 24.3 Å². The Morgan fingerprint density at radius 1 is 1.50 bits per heavy atom. The van der Waals surface area contributed by atoms with Crippen molar-refractivity contribution in [3.05, 3.63) is 29.8 Å². The molecule has 0 saturated heterocycles. The third-order valence-electron chi connectivity index (χ3n) is 1.76. The van der Waals surface area contributed by atoms with Crippen LogP contribution in [0.5, 0.6) is 0 Å². The van der Waals surface area contributed by atoms with Gasteiger partial charge in [0.05, 0.1) is 18.2 Å². The third kappa shape index (κ3) is 5.16. The number of aliphatic carboxylic acids is 1. The maximum absolute atomic E-state index is 10.3. The van der Waals surface area contributed by atoms with Crippen molar-refractivity contribution in [3.63, 3.8) is 0 Å². The van der Waals surface area contributed by atoms with E-state index >= 15 is 0 Å². The van der Waals surface area contributed by atoms with Crippen LogP contribution in [0.25, 0.3) is 0 Å². The first-order chi connectivity index (χ1) is 7.11. The summed E-state index contributed by atoms with van der Waals surface area (Å²) >= 11 is 0. The number of nitrogens with zero attached hydrogens (tertiary/aromatic N) is 2. The summed E-state index contributed by atoms with van der Waals surface area (Å²) in [5.74, 6) is -1.22. The summed E-state index contributed by atoms with van der Waals surface area (Å²) in [6, 6.07) is 7.46. The summed E-state index contributed by atoms with van der Waals surface area (Å²) in [4.78, 5) is 10.3. The topological polar surface area (TPSA) is 67.8 Å². The molecule has 5 nitrogen and oxygen atoms in total. The molecule has 0 heterocycles. The van der Waals surface area contributed by atoms with Gasteiger partial charge in [-0.3, -0.25) is 5.43 Å². The Morgan fingerprint density at radius 2 is 2.06 bits per heavy atom. The summed E-state index contributed by atoms with van der Waals surface area (Å²) in [6.45, 7) is 4.87. The summed E-state index contributed by atoms with van der Waals surface area (Å²) in [5, 5.41) is 14.9. The van der Waals surface area contributed by atoms with E-state index in [0.29, 0.717) is 0 Å². The summed E-state index contributed by atoms with van der Waals surface area (Å²) in [7, 11) is 0. The van der Waals surface area contributed by atoms with E-state index in [9.17, 15) is 9.90 Å². The van der Waals surface area contributed by atoms with Gasteiger partial charge >= 0.3 is 29.6 Å². The fraction of sp³-hybridized carbons (Fsp3) is 0.200. The average Bonchev–Trinajstić information content (AvgIpc) is 2.19. The fourth-order valence-electron chi connectivity index (χ4n) is 1.02. The van der Waals surface area contributed by atoms with Gasteiger partial charge in [0.25, 0.3) is 0 Å². The Kier molecular flexibility index (Phi) is 6.80. The molecular weight excluding hydrogens is 217 g/mol. The summed E-state index contributed by atoms with van der Waals surface area (Å²) in [5.41, 5.74) is 4.64. The first-order valence-electron chi connectivity index (χ1n) is 4.39. The second kappa shape index (κ2) is 7.27. The molecule has 0 fully saturated rings. The van der Waals surface area contributed by atoms with E-state index in [-0.39, 0.29) is 36.1 Å². The number of rotatable bonds is 5. The quantitative estimate of drug-likeness (QED) is 0.332. The Bertz CT molecular complexity index is 354. The van der Waals surface area contributed by atoms with Crippen molar-refractivity contribution in [1.29, 1.82) is 0 Å². The molecule has 6 heteroatoms. The van der Waals surface area contributed by atoms with E-state index in [4.69, 9.17) is 0 Å². The molecular formula is C10H12N3NaO2. The van der Waals surface area contributed by atoms with Crippen molar-refractivity contribution < 1.29 is 39.5 Å². The molecule has 0 amide bonds. The third-order valence-corrected chi connectivity index (χ3v) is 1.76. The Hall–Kier alpha value is -1.04. The van der Waals surface area contributed by atoms with Gasteiger partial charge < -0.3 is 9.90 Å². The number of carboxylic acid groups (broad SMARTS) is 1. The van der Waals surface area contributed by atoms with E-state index in [1.54, 1.807) is 0 Å². The Labute approximate surface area is 116 Å². The van der Waals surface area contributed by atoms with Crippen LogP contribution >= 0.6 is 0 Å². The average molecular weight is 229 g/mol. The number of nitrogens with one attached hydrogen (secondary N) is 1. The molecule has 80 valence electrons. The van der Waals surface area contributed by atoms with Crippen molar-refractivity contribution in [2.75, 3.05) is 12.0 Å². The standard InChI is InChI=1S/C10H13N3O2.Na/c1-8-3-5-9(6-4-8)12-13(11-2)7-10(14)15;/h3-6,12H,2,7H2,1H3,(H,14,15);/q;+1/p-1. The van der Waals surface area contributed by atoms with Crippen LogP contribution in [0.2, 0.25) is 0 Å². The number of carbonyl (C=O) groups is 1. The van der Waals surface area contributed by atoms with Gasteiger partial charge in [0.15, 0.2) is 0 Å². The van der Waals surface area contributed by atoms with E-state index in [1.807, 2.05) is 31.2 Å². The first-order valence-corrected chi connectivity index (χ1v) is 4.39. The monoisotopic (exact) mass is 229 g/mol. The number of aryl methyl sites for hydroxylation is 1. The van der Waals surface area contributed by atoms with E-state index < -0.39 is 5.97 Å². The number of hydrogen-bond acceptors (Lipinski definition) is 5. The van der Waals surface area contributed by atoms with Crippen LogP contribution in [-0.2, 0) is 4.79 Å². The molecule has 0 saturated carbocycles. The maximum Gasteiger partial charge on any atom is 1.00 e. The van der Waals surface area contributed by atoms with Gasteiger partial charge in [-0.2, -0.15) is 5.10 Å². The SMILES string of the molecule is C=NN(CC(=O)[O-])Nc1ccc(C)cc1.[Na+]. The molecule has 1 aromatic carbocycles. The molecule has 0 aliphatic heterocycles. The van der Waals surface area contributed by atoms with Crippen LogP contribution in [0, 0.1) is 6.92 Å². The van der Waals surface area contributed by atoms with Crippen LogP contribution in [0.3, 0.4) is 0 Å². The molecule has 1 N–H and O–H groups in total. The smallest absolute Gasteiger partial charge is 0.548 e. The van der Waals surface area contributed by atoms with Gasteiger partial charge in [0.2, 0.25) is 0 Å². The molecule has 0 aliphatic carbocycles. The van der Waals surface area contributed by atoms with Crippen LogP contribution in [0.15, 0.2) is 29.4 Å². The predicted octanol–water partition coefficient (Wildman–Crippen LogP) is -3.01. The number of hydrazine groups is 1. The number of carboxylic acids is 1. The number of hydrazone groups is 1. The fourth-order valence-corrected chi connectivity index (χ4v) is 1.02. The molecule has 0 spiro atoms. The normalized spacial score (nSPS) is 8.81. The van der Waals surface area contributed by atoms with Gasteiger partial charge in [0, 0.05) is 6.72 Å². The number of carbonyl (C=O) groups excluding carboxylic acids is 1. The van der Waals surface area contributed by atoms with Crippen molar-refractivity contribution in [3.8, 4) is 0 Å². The molecule has 16 heavy (non-hydrogen) atoms. The summed E-state index contributed by atoms with van der Waals surface area (Å²) in [6.07, 6.45) is 0. The van der Waals surface area contributed by atoms with Crippen molar-refractivity contribution >= 4 is 18.4 Å². The molecule has 0 atom stereocenters. The number of hydrogen-bond donors (Lipinski definition) is 1. The van der Waals surface area contributed by atoms with Gasteiger partial charge in [-0.05, 0) is 19.1 Å². The molecule has 0 aromatic heterocycles. The second-order valence-corrected chi connectivity index (χ2v) is 3.05. The molecule has 0 aliphatic rings. The van der Waals surface area contributed by atoms with Gasteiger partial charge in [-0.25, -0.2) is 5.12 Å². The maximum atomic E-state index is 10.3. The molecule has 0 bridgehead atoms. The zero-order chi connectivity index (χ0) is 11.3. The predicted molar refractivity (Wildman–Crippen MR) is 56.1 cm³/mol. The zero-order valence-electron chi connectivity index (χ0n) is 9.43. The van der Waals surface area contributed by atoms with Crippen molar-refractivity contribution in [1.82, 2.24) is 5.12 Å². The van der Waals surface area contributed by atoms with E-state index in [0.717, 1.165) is 16.4 Å². The minimum Gasteiger partial charge on any atom is -0.548 e. The van der Waals surface area contributed by atoms with E-state index in [2.05, 4.69) is 17.2 Å². The van der Waals surface area contributed by atoms with Gasteiger partial charge in [-0.1, -0.05) is 17.7 Å². The van der Waals surface area contributed by atoms with Crippen LogP contribution in [0.4, 0.5) is 5.69 Å². The summed E-state index contributed by atoms with van der Waals surface area (Å²) < 4.78 is 0. The molecule has 1 rings (SSSR count). The molecule has 1 aromatic rings. The number of anilines is 1. The zero-order valence-corrected chi connectivity index (χ0v) is 11.4. The van der Waals surface area contributed by atoms with Crippen LogP contribution in [0.1, 0.15) is 5.56 Å². The second-order valence-electron chi connectivity index (χ2n) is 3.05. The minimum absolute atomic E-state index is 0. The Balaban J connectivity index is 0.00000225. The van der Waals surface area contributed by atoms with Gasteiger partial charge in [-0.15, -0.1) is 0 Å².